The third-order valence-corrected chi connectivity index (χ3v) is 13.9. The van der Waals surface area contributed by atoms with Crippen molar-refractivity contribution in [1.29, 1.82) is 0 Å². The molecule has 296 valence electrons. The maximum absolute atomic E-state index is 2.55. The van der Waals surface area contributed by atoms with Crippen molar-refractivity contribution in [3.05, 3.63) is 231 Å². The molecule has 0 radical (unpaired) electrons. The molecular formula is C60H38BN3. The van der Waals surface area contributed by atoms with Crippen molar-refractivity contribution in [2.45, 2.75) is 0 Å². The van der Waals surface area contributed by atoms with Gasteiger partial charge >= 0.3 is 0 Å². The van der Waals surface area contributed by atoms with Crippen LogP contribution in [0.4, 0.5) is 0 Å². The Kier molecular flexibility index (Phi) is 7.49. The average Bonchev–Trinajstić information content (AvgIpc) is 4.01. The van der Waals surface area contributed by atoms with Gasteiger partial charge in [-0.1, -0.05) is 181 Å². The van der Waals surface area contributed by atoms with Gasteiger partial charge in [-0.3, -0.25) is 0 Å². The molecule has 0 fully saturated rings. The summed E-state index contributed by atoms with van der Waals surface area (Å²) in [7, 11) is 0. The van der Waals surface area contributed by atoms with Gasteiger partial charge in [0.1, 0.15) is 0 Å². The highest BCUT2D eigenvalue weighted by atomic mass is 15.0. The van der Waals surface area contributed by atoms with Crippen molar-refractivity contribution in [3.8, 4) is 39.3 Å². The van der Waals surface area contributed by atoms with E-state index in [0.29, 0.717) is 0 Å². The molecule has 3 nitrogen and oxygen atoms in total. The molecular weight excluding hydrogens is 773 g/mol. The van der Waals surface area contributed by atoms with E-state index in [9.17, 15) is 0 Å². The van der Waals surface area contributed by atoms with Gasteiger partial charge in [0, 0.05) is 43.7 Å². The molecule has 0 saturated heterocycles. The van der Waals surface area contributed by atoms with E-state index in [1.807, 2.05) is 0 Å². The second-order valence-corrected chi connectivity index (χ2v) is 17.2. The fourth-order valence-electron chi connectivity index (χ4n) is 11.1. The number of aromatic nitrogens is 3. The molecule has 4 heterocycles. The summed E-state index contributed by atoms with van der Waals surface area (Å²) in [5.41, 5.74) is 19.6. The van der Waals surface area contributed by atoms with Gasteiger partial charge in [0.2, 0.25) is 6.71 Å². The molecule has 0 bridgehead atoms. The molecule has 1 aliphatic heterocycles. The fourth-order valence-corrected chi connectivity index (χ4v) is 11.1. The van der Waals surface area contributed by atoms with Crippen LogP contribution in [-0.2, 0) is 0 Å². The minimum Gasteiger partial charge on any atom is -0.310 e. The van der Waals surface area contributed by atoms with Gasteiger partial charge in [-0.05, 0) is 87.8 Å². The van der Waals surface area contributed by atoms with Gasteiger partial charge in [-0.25, -0.2) is 0 Å². The minimum atomic E-state index is 0.0317. The summed E-state index contributed by atoms with van der Waals surface area (Å²) in [5.74, 6) is 0. The molecule has 0 atom stereocenters. The first-order valence-corrected chi connectivity index (χ1v) is 22.2. The van der Waals surface area contributed by atoms with Crippen molar-refractivity contribution in [2.24, 2.45) is 0 Å². The lowest BCUT2D eigenvalue weighted by atomic mass is 9.35. The highest BCUT2D eigenvalue weighted by molar-refractivity contribution is 6.98. The minimum absolute atomic E-state index is 0.0317. The summed E-state index contributed by atoms with van der Waals surface area (Å²) < 4.78 is 7.50. The Hall–Kier alpha value is -8.34. The maximum Gasteiger partial charge on any atom is 0.246 e. The molecule has 14 rings (SSSR count). The van der Waals surface area contributed by atoms with Crippen LogP contribution in [-0.4, -0.2) is 20.4 Å². The summed E-state index contributed by atoms with van der Waals surface area (Å²) in [4.78, 5) is 0. The van der Waals surface area contributed by atoms with Crippen molar-refractivity contribution in [2.75, 3.05) is 0 Å². The predicted octanol–water partition coefficient (Wildman–Crippen LogP) is 13.1. The van der Waals surface area contributed by atoms with Crippen molar-refractivity contribution >= 4 is 88.5 Å². The van der Waals surface area contributed by atoms with Gasteiger partial charge in [-0.15, -0.1) is 0 Å². The normalized spacial score (nSPS) is 12.3. The highest BCUT2D eigenvalue weighted by Gasteiger charge is 2.35. The van der Waals surface area contributed by atoms with E-state index >= 15 is 0 Å². The Balaban J connectivity index is 1.04. The SMILES string of the molecule is c1ccc(-c2ccc3c4ccc(-c5ccccc5)cc4n(-c4ccc5c6c4c4ccccc4n6-c4ccccc4B5c4ccc(-n5c6ccccc6c6ccccc65)cc4)c3c2)cc1. The molecule has 0 unspecified atom stereocenters. The molecule has 3 aromatic heterocycles. The van der Waals surface area contributed by atoms with E-state index in [4.69, 9.17) is 0 Å². The molecule has 64 heavy (non-hydrogen) atoms. The molecule has 1 aliphatic rings. The molecule has 0 spiro atoms. The number of benzene rings is 10. The second kappa shape index (κ2) is 13.6. The first kappa shape index (κ1) is 35.3. The maximum atomic E-state index is 2.55. The molecule has 4 heteroatoms. The Morgan fingerprint density at radius 1 is 0.281 bits per heavy atom. The van der Waals surface area contributed by atoms with Crippen LogP contribution in [0.15, 0.2) is 231 Å². The van der Waals surface area contributed by atoms with Crippen LogP contribution in [0.5, 0.6) is 0 Å². The van der Waals surface area contributed by atoms with Gasteiger partial charge in [0.25, 0.3) is 0 Å². The Morgan fingerprint density at radius 2 is 0.781 bits per heavy atom. The number of para-hydroxylation sites is 4. The summed E-state index contributed by atoms with van der Waals surface area (Å²) in [5, 5.41) is 7.55. The third kappa shape index (κ3) is 4.99. The largest absolute Gasteiger partial charge is 0.310 e. The molecule has 13 aromatic rings. The average molecular weight is 812 g/mol. The lowest BCUT2D eigenvalue weighted by molar-refractivity contribution is 1.17. The topological polar surface area (TPSA) is 14.8 Å². The number of fused-ring (bicyclic) bond motifs is 11. The zero-order valence-electron chi connectivity index (χ0n) is 34.9. The first-order valence-electron chi connectivity index (χ1n) is 22.2. The molecule has 0 saturated carbocycles. The van der Waals surface area contributed by atoms with Crippen LogP contribution in [0.3, 0.4) is 0 Å². The molecule has 0 N–H and O–H groups in total. The van der Waals surface area contributed by atoms with Crippen LogP contribution in [0.1, 0.15) is 0 Å². The van der Waals surface area contributed by atoms with Crippen LogP contribution < -0.4 is 16.4 Å². The van der Waals surface area contributed by atoms with E-state index in [1.165, 1.54) is 115 Å². The fraction of sp³-hybridized carbons (Fsp3) is 0. The van der Waals surface area contributed by atoms with Gasteiger partial charge < -0.3 is 13.7 Å². The van der Waals surface area contributed by atoms with Gasteiger partial charge in [0.05, 0.1) is 38.8 Å². The van der Waals surface area contributed by atoms with Crippen LogP contribution >= 0.6 is 0 Å². The Morgan fingerprint density at radius 3 is 1.39 bits per heavy atom. The van der Waals surface area contributed by atoms with E-state index < -0.39 is 0 Å². The summed E-state index contributed by atoms with van der Waals surface area (Å²) in [6, 6.07) is 85.3. The van der Waals surface area contributed by atoms with Crippen molar-refractivity contribution < 1.29 is 0 Å². The van der Waals surface area contributed by atoms with Crippen LogP contribution in [0.2, 0.25) is 0 Å². The first-order chi connectivity index (χ1) is 31.8. The second-order valence-electron chi connectivity index (χ2n) is 17.2. The number of hydrogen-bond acceptors (Lipinski definition) is 0. The van der Waals surface area contributed by atoms with Crippen LogP contribution in [0.25, 0.3) is 105 Å². The number of nitrogens with zero attached hydrogens (tertiary/aromatic N) is 3. The van der Waals surface area contributed by atoms with Crippen molar-refractivity contribution in [1.82, 2.24) is 13.7 Å². The quantitative estimate of drug-likeness (QED) is 0.154. The van der Waals surface area contributed by atoms with E-state index in [1.54, 1.807) is 0 Å². The summed E-state index contributed by atoms with van der Waals surface area (Å²) >= 11 is 0. The van der Waals surface area contributed by atoms with E-state index in [0.717, 1.165) is 5.69 Å². The summed E-state index contributed by atoms with van der Waals surface area (Å²) in [6.07, 6.45) is 0. The zero-order chi connectivity index (χ0) is 41.9. The molecule has 0 aliphatic carbocycles. The third-order valence-electron chi connectivity index (χ3n) is 13.9. The Labute approximate surface area is 370 Å². The van der Waals surface area contributed by atoms with Gasteiger partial charge in [0.15, 0.2) is 0 Å². The van der Waals surface area contributed by atoms with E-state index in [2.05, 4.69) is 244 Å². The predicted molar refractivity (Wildman–Crippen MR) is 271 cm³/mol. The highest BCUT2D eigenvalue weighted by Crippen LogP contribution is 2.42. The zero-order valence-corrected chi connectivity index (χ0v) is 34.9. The number of rotatable bonds is 5. The van der Waals surface area contributed by atoms with E-state index in [-0.39, 0.29) is 6.71 Å². The van der Waals surface area contributed by atoms with Gasteiger partial charge in [-0.2, -0.15) is 0 Å². The molecule has 0 amide bonds. The summed E-state index contributed by atoms with van der Waals surface area (Å²) in [6.45, 7) is 0.0317. The monoisotopic (exact) mass is 811 g/mol. The Bertz CT molecular complexity index is 3850. The lowest BCUT2D eigenvalue weighted by Crippen LogP contribution is -2.55. The smallest absolute Gasteiger partial charge is 0.246 e. The van der Waals surface area contributed by atoms with Crippen molar-refractivity contribution in [3.63, 3.8) is 0 Å². The molecule has 10 aromatic carbocycles. The standard InChI is InChI=1S/C60H38BN3/c1-3-15-39(16-4-1)41-27-33-47-48-34-28-42(40-17-5-2-6-18-40)38-58(48)63(57(47)37-41)56-36-35-51-60-59(56)49-21-9-13-25-54(49)64(60)55-26-14-10-22-50(55)61(51)43-29-31-44(32-30-43)62-52-23-11-7-19-45(52)46-20-8-12-24-53(46)62/h1-38H. The van der Waals surface area contributed by atoms with Crippen LogP contribution in [0, 0.1) is 0 Å². The number of hydrogen-bond donors (Lipinski definition) is 0. The lowest BCUT2D eigenvalue weighted by Gasteiger charge is -2.28.